The van der Waals surface area contributed by atoms with E-state index in [1.807, 2.05) is 0 Å². The van der Waals surface area contributed by atoms with Gasteiger partial charge in [-0.15, -0.1) is 0 Å². The van der Waals surface area contributed by atoms with Crippen molar-refractivity contribution in [3.05, 3.63) is 34.1 Å². The van der Waals surface area contributed by atoms with Crippen molar-refractivity contribution >= 4 is 11.6 Å². The summed E-state index contributed by atoms with van der Waals surface area (Å²) in [6.45, 7) is 1.62. The fourth-order valence-electron chi connectivity index (χ4n) is 2.19. The Morgan fingerprint density at radius 3 is 2.71 bits per heavy atom. The second-order valence-corrected chi connectivity index (χ2v) is 4.77. The third-order valence-corrected chi connectivity index (χ3v) is 3.37. The van der Waals surface area contributed by atoms with Gasteiger partial charge < -0.3 is 5.32 Å². The van der Waals surface area contributed by atoms with Gasteiger partial charge in [-0.05, 0) is 44.3 Å². The Labute approximate surface area is 103 Å². The maximum absolute atomic E-state index is 13.6. The highest BCUT2D eigenvalue weighted by Gasteiger charge is 2.22. The van der Waals surface area contributed by atoms with Crippen molar-refractivity contribution in [1.29, 1.82) is 0 Å². The lowest BCUT2D eigenvalue weighted by Gasteiger charge is -2.23. The van der Waals surface area contributed by atoms with Crippen molar-refractivity contribution in [3.8, 4) is 0 Å². The summed E-state index contributed by atoms with van der Waals surface area (Å²) < 4.78 is 40.3. The number of nitrogens with one attached hydrogen (secondary N) is 1. The van der Waals surface area contributed by atoms with Crippen molar-refractivity contribution in [2.75, 3.05) is 13.1 Å². The van der Waals surface area contributed by atoms with E-state index in [1.54, 1.807) is 0 Å². The summed E-state index contributed by atoms with van der Waals surface area (Å²) in [6, 6.07) is 0.675. The highest BCUT2D eigenvalue weighted by molar-refractivity contribution is 6.30. The SMILES string of the molecule is Fc1cc(Cl)c(F)c(CC2CCCNC2)c1F. The Morgan fingerprint density at radius 2 is 2.06 bits per heavy atom. The molecule has 0 spiro atoms. The molecule has 0 bridgehead atoms. The van der Waals surface area contributed by atoms with Crippen molar-refractivity contribution < 1.29 is 13.2 Å². The summed E-state index contributed by atoms with van der Waals surface area (Å²) >= 11 is 5.51. The standard InChI is InChI=1S/C12H13ClF3N/c13-9-5-10(14)12(16)8(11(9)15)4-7-2-1-3-17-6-7/h5,7,17H,1-4,6H2. The highest BCUT2D eigenvalue weighted by atomic mass is 35.5. The number of benzene rings is 1. The van der Waals surface area contributed by atoms with Gasteiger partial charge >= 0.3 is 0 Å². The molecule has 1 aromatic rings. The molecule has 5 heteroatoms. The molecule has 94 valence electrons. The summed E-state index contributed by atoms with van der Waals surface area (Å²) in [7, 11) is 0. The molecular formula is C12H13ClF3N. The topological polar surface area (TPSA) is 12.0 Å². The second kappa shape index (κ2) is 5.27. The lowest BCUT2D eigenvalue weighted by molar-refractivity contribution is 0.363. The Morgan fingerprint density at radius 1 is 1.29 bits per heavy atom. The van der Waals surface area contributed by atoms with Crippen LogP contribution in [0, 0.1) is 23.4 Å². The van der Waals surface area contributed by atoms with Gasteiger partial charge in [0.1, 0.15) is 5.82 Å². The molecular weight excluding hydrogens is 251 g/mol. The van der Waals surface area contributed by atoms with Crippen LogP contribution < -0.4 is 5.32 Å². The highest BCUT2D eigenvalue weighted by Crippen LogP contribution is 2.27. The maximum Gasteiger partial charge on any atom is 0.165 e. The summed E-state index contributed by atoms with van der Waals surface area (Å²) in [6.07, 6.45) is 2.04. The zero-order valence-corrected chi connectivity index (χ0v) is 9.96. The zero-order chi connectivity index (χ0) is 12.4. The van der Waals surface area contributed by atoms with E-state index >= 15 is 0 Å². The molecule has 1 saturated heterocycles. The van der Waals surface area contributed by atoms with Crippen LogP contribution in [0.25, 0.3) is 0 Å². The molecule has 1 N–H and O–H groups in total. The average Bonchev–Trinajstić information content (AvgIpc) is 2.33. The van der Waals surface area contributed by atoms with Crippen LogP contribution in [-0.4, -0.2) is 13.1 Å². The fraction of sp³-hybridized carbons (Fsp3) is 0.500. The Kier molecular flexibility index (Phi) is 3.94. The first-order valence-electron chi connectivity index (χ1n) is 5.62. The van der Waals surface area contributed by atoms with Crippen molar-refractivity contribution in [3.63, 3.8) is 0 Å². The Hall–Kier alpha value is -0.740. The van der Waals surface area contributed by atoms with E-state index in [0.717, 1.165) is 19.4 Å². The van der Waals surface area contributed by atoms with Crippen LogP contribution in [0.3, 0.4) is 0 Å². The van der Waals surface area contributed by atoms with E-state index in [0.29, 0.717) is 12.6 Å². The van der Waals surface area contributed by atoms with Gasteiger partial charge in [0.05, 0.1) is 5.02 Å². The van der Waals surface area contributed by atoms with Gasteiger partial charge in [-0.25, -0.2) is 13.2 Å². The van der Waals surface area contributed by atoms with Crippen LogP contribution >= 0.6 is 11.6 Å². The molecule has 0 saturated carbocycles. The largest absolute Gasteiger partial charge is 0.316 e. The molecule has 0 radical (unpaired) electrons. The number of hydrogen-bond donors (Lipinski definition) is 1. The van der Waals surface area contributed by atoms with Gasteiger partial charge in [0.2, 0.25) is 0 Å². The lowest BCUT2D eigenvalue weighted by Crippen LogP contribution is -2.31. The van der Waals surface area contributed by atoms with E-state index in [-0.39, 0.29) is 22.9 Å². The van der Waals surface area contributed by atoms with E-state index in [4.69, 9.17) is 11.6 Å². The summed E-state index contributed by atoms with van der Waals surface area (Å²) in [4.78, 5) is 0. The first-order valence-corrected chi connectivity index (χ1v) is 6.00. The predicted octanol–water partition coefficient (Wildman–Crippen LogP) is 3.30. The van der Waals surface area contributed by atoms with E-state index in [2.05, 4.69) is 5.32 Å². The van der Waals surface area contributed by atoms with E-state index < -0.39 is 17.5 Å². The smallest absolute Gasteiger partial charge is 0.165 e. The number of piperidine rings is 1. The summed E-state index contributed by atoms with van der Waals surface area (Å²) in [5.74, 6) is -2.91. The molecule has 1 fully saturated rings. The monoisotopic (exact) mass is 263 g/mol. The van der Waals surface area contributed by atoms with E-state index in [9.17, 15) is 13.2 Å². The molecule has 0 aliphatic carbocycles. The van der Waals surface area contributed by atoms with Crippen LogP contribution in [-0.2, 0) is 6.42 Å². The molecule has 1 nitrogen and oxygen atoms in total. The van der Waals surface area contributed by atoms with Crippen molar-refractivity contribution in [2.24, 2.45) is 5.92 Å². The molecule has 1 heterocycles. The van der Waals surface area contributed by atoms with Crippen molar-refractivity contribution in [1.82, 2.24) is 5.32 Å². The van der Waals surface area contributed by atoms with Gasteiger partial charge in [-0.1, -0.05) is 11.6 Å². The molecule has 1 aromatic carbocycles. The minimum atomic E-state index is -1.11. The fourth-order valence-corrected chi connectivity index (χ4v) is 2.40. The number of halogens is 4. The van der Waals surface area contributed by atoms with Gasteiger partial charge in [0, 0.05) is 5.56 Å². The Bertz CT molecular complexity index is 390. The minimum Gasteiger partial charge on any atom is -0.316 e. The minimum absolute atomic E-state index is 0.130. The quantitative estimate of drug-likeness (QED) is 0.808. The third-order valence-electron chi connectivity index (χ3n) is 3.09. The van der Waals surface area contributed by atoms with Crippen LogP contribution in [0.2, 0.25) is 5.02 Å². The number of hydrogen-bond acceptors (Lipinski definition) is 1. The molecule has 17 heavy (non-hydrogen) atoms. The van der Waals surface area contributed by atoms with Gasteiger partial charge in [-0.2, -0.15) is 0 Å². The first-order chi connectivity index (χ1) is 8.09. The molecule has 1 unspecified atom stereocenters. The average molecular weight is 264 g/mol. The molecule has 1 atom stereocenters. The van der Waals surface area contributed by atoms with Gasteiger partial charge in [0.25, 0.3) is 0 Å². The zero-order valence-electron chi connectivity index (χ0n) is 9.20. The number of rotatable bonds is 2. The molecule has 2 rings (SSSR count). The molecule has 0 amide bonds. The third kappa shape index (κ3) is 2.75. The van der Waals surface area contributed by atoms with Crippen LogP contribution in [0.1, 0.15) is 18.4 Å². The van der Waals surface area contributed by atoms with Gasteiger partial charge in [0.15, 0.2) is 11.6 Å². The van der Waals surface area contributed by atoms with Crippen molar-refractivity contribution in [2.45, 2.75) is 19.3 Å². The van der Waals surface area contributed by atoms with Crippen LogP contribution in [0.15, 0.2) is 6.07 Å². The Balaban J connectivity index is 2.24. The molecule has 0 aromatic heterocycles. The maximum atomic E-state index is 13.6. The second-order valence-electron chi connectivity index (χ2n) is 4.36. The molecule has 1 aliphatic heterocycles. The van der Waals surface area contributed by atoms with E-state index in [1.165, 1.54) is 0 Å². The summed E-state index contributed by atoms with van der Waals surface area (Å²) in [5.41, 5.74) is -0.233. The normalized spacial score (nSPS) is 20.6. The lowest BCUT2D eigenvalue weighted by atomic mass is 9.92. The first kappa shape index (κ1) is 12.7. The van der Waals surface area contributed by atoms with Gasteiger partial charge in [-0.3, -0.25) is 0 Å². The van der Waals surface area contributed by atoms with Crippen LogP contribution in [0.4, 0.5) is 13.2 Å². The summed E-state index contributed by atoms with van der Waals surface area (Å²) in [5, 5.41) is 2.79. The molecule has 1 aliphatic rings. The van der Waals surface area contributed by atoms with Crippen LogP contribution in [0.5, 0.6) is 0 Å². The predicted molar refractivity (Wildman–Crippen MR) is 60.6 cm³/mol.